The maximum atomic E-state index is 13.7. The average molecular weight is 697 g/mol. The summed E-state index contributed by atoms with van der Waals surface area (Å²) < 4.78 is 16.7. The van der Waals surface area contributed by atoms with Crippen LogP contribution in [0.1, 0.15) is 68.8 Å². The molecule has 1 saturated heterocycles. The maximum absolute atomic E-state index is 13.7. The van der Waals surface area contributed by atoms with Crippen molar-refractivity contribution in [1.82, 2.24) is 5.32 Å². The fourth-order valence-electron chi connectivity index (χ4n) is 6.00. The molecule has 1 amide bonds. The molecule has 0 bridgehead atoms. The van der Waals surface area contributed by atoms with Crippen molar-refractivity contribution in [1.29, 1.82) is 0 Å². The van der Waals surface area contributed by atoms with Crippen LogP contribution in [0.5, 0.6) is 17.2 Å². The Kier molecular flexibility index (Phi) is 8.06. The van der Waals surface area contributed by atoms with Gasteiger partial charge >= 0.3 is 0 Å². The number of carbonyl (C=O) groups excluding carboxylic acids is 4. The van der Waals surface area contributed by atoms with Crippen molar-refractivity contribution >= 4 is 43.9 Å². The first kappa shape index (κ1) is 30.3. The van der Waals surface area contributed by atoms with Gasteiger partial charge in [-0.1, -0.05) is 12.1 Å². The zero-order valence-corrected chi connectivity index (χ0v) is 24.6. The quantitative estimate of drug-likeness (QED) is 0.0930. The Morgan fingerprint density at radius 2 is 1.83 bits per heavy atom. The Morgan fingerprint density at radius 1 is 1.14 bits per heavy atom. The third-order valence-electron chi connectivity index (χ3n) is 8.06. The number of phenols is 2. The first-order chi connectivity index (χ1) is 19.8. The smallest absolute Gasteiger partial charge is 0.280 e. The van der Waals surface area contributed by atoms with Crippen LogP contribution >= 0.6 is 22.6 Å². The molecule has 6 atom stereocenters. The zero-order valence-electron chi connectivity index (χ0n) is 22.4. The minimum atomic E-state index is -2.29. The number of fused-ring (bicyclic) bond motifs is 3. The van der Waals surface area contributed by atoms with Gasteiger partial charge < -0.3 is 45.1 Å². The summed E-state index contributed by atoms with van der Waals surface area (Å²) >= 11 is 1.51. The van der Waals surface area contributed by atoms with Crippen LogP contribution in [0.4, 0.5) is 4.79 Å². The number of nitrogens with one attached hydrogen (secondary N) is 1. The maximum Gasteiger partial charge on any atom is 0.280 e. The molecule has 224 valence electrons. The van der Waals surface area contributed by atoms with Gasteiger partial charge in [-0.2, -0.15) is 0 Å². The van der Waals surface area contributed by atoms with Crippen LogP contribution in [0.25, 0.3) is 0 Å². The molecule has 0 radical (unpaired) electrons. The first-order valence-electron chi connectivity index (χ1n) is 13.0. The predicted molar refractivity (Wildman–Crippen MR) is 150 cm³/mol. The highest BCUT2D eigenvalue weighted by Crippen LogP contribution is 2.52. The van der Waals surface area contributed by atoms with Gasteiger partial charge in [0.05, 0.1) is 42.0 Å². The number of ketones is 3. The molecule has 1 fully saturated rings. The number of ether oxygens (including phenoxy) is 3. The number of aromatic hydroxyl groups is 2. The fourth-order valence-corrected chi connectivity index (χ4v) is 6.40. The van der Waals surface area contributed by atoms with E-state index in [1.807, 2.05) is 0 Å². The number of aliphatic hydroxyl groups excluding tert-OH is 2. The summed E-state index contributed by atoms with van der Waals surface area (Å²) in [6.45, 7) is 0.496. The van der Waals surface area contributed by atoms with Gasteiger partial charge in [-0.05, 0) is 13.0 Å². The molecule has 2 aliphatic carbocycles. The van der Waals surface area contributed by atoms with Gasteiger partial charge in [0.15, 0.2) is 17.9 Å². The molecule has 42 heavy (non-hydrogen) atoms. The van der Waals surface area contributed by atoms with Gasteiger partial charge in [-0.3, -0.25) is 19.2 Å². The summed E-state index contributed by atoms with van der Waals surface area (Å²) in [5.74, 6) is -3.93. The monoisotopic (exact) mass is 697 g/mol. The lowest BCUT2D eigenvalue weighted by Gasteiger charge is -2.42. The number of rotatable bonds is 6. The number of hydrogen-bond acceptors (Lipinski definition) is 12. The molecule has 0 spiro atoms. The van der Waals surface area contributed by atoms with E-state index in [4.69, 9.17) is 14.2 Å². The normalized spacial score (nSPS) is 28.4. The van der Waals surface area contributed by atoms with Crippen LogP contribution in [-0.4, -0.2) is 90.7 Å². The lowest BCUT2D eigenvalue weighted by molar-refractivity contribution is -0.248. The highest BCUT2D eigenvalue weighted by Gasteiger charge is 2.50. The summed E-state index contributed by atoms with van der Waals surface area (Å²) in [6, 6.07) is 3.53. The molecule has 5 rings (SSSR count). The van der Waals surface area contributed by atoms with Crippen molar-refractivity contribution in [2.75, 3.05) is 13.7 Å². The minimum Gasteiger partial charge on any atom is -0.507 e. The van der Waals surface area contributed by atoms with Crippen LogP contribution in [-0.2, 0) is 20.7 Å². The molecular weight excluding hydrogens is 669 g/mol. The second-order valence-electron chi connectivity index (χ2n) is 10.5. The molecule has 1 heterocycles. The Morgan fingerprint density at radius 3 is 2.48 bits per heavy atom. The lowest BCUT2D eigenvalue weighted by atomic mass is 9.72. The van der Waals surface area contributed by atoms with E-state index in [9.17, 15) is 44.7 Å². The van der Waals surface area contributed by atoms with E-state index in [1.54, 1.807) is 6.92 Å². The number of carbonyl (C=O) groups is 4. The highest BCUT2D eigenvalue weighted by atomic mass is 127. The summed E-state index contributed by atoms with van der Waals surface area (Å²) in [7, 11) is 1.31. The van der Waals surface area contributed by atoms with E-state index in [1.165, 1.54) is 47.9 Å². The zero-order chi connectivity index (χ0) is 30.7. The number of amides is 1. The first-order valence-corrected chi connectivity index (χ1v) is 14.1. The second-order valence-corrected chi connectivity index (χ2v) is 11.5. The fraction of sp³-hybridized carbons (Fsp3) is 0.429. The third-order valence-corrected chi connectivity index (χ3v) is 8.37. The van der Waals surface area contributed by atoms with Crippen molar-refractivity contribution < 1.29 is 58.9 Å². The van der Waals surface area contributed by atoms with E-state index in [0.717, 1.165) is 0 Å². The van der Waals surface area contributed by atoms with Gasteiger partial charge in [-0.25, -0.2) is 0 Å². The number of methoxy groups -OCH3 is 1. The molecule has 13 nitrogen and oxygen atoms in total. The Bertz CT molecular complexity index is 1510. The lowest BCUT2D eigenvalue weighted by Crippen LogP contribution is -2.55. The topological polar surface area (TPSA) is 209 Å². The summed E-state index contributed by atoms with van der Waals surface area (Å²) in [5.41, 5.74) is -3.85. The predicted octanol–water partition coefficient (Wildman–Crippen LogP) is 1.19. The SMILES string of the molecule is COc1cccc2c1C(=O)c1c(O)c3c(c(O)c1C2=O)C[C@@](O)(C(=O)CO)C[C@@H]3O[C@H]1C[C@H](NC(=O)I)[C@H](O)[C@H](C)O1. The minimum absolute atomic E-state index is 0.0710. The molecule has 1 aliphatic heterocycles. The van der Waals surface area contributed by atoms with Gasteiger partial charge in [-0.15, -0.1) is 0 Å². The highest BCUT2D eigenvalue weighted by molar-refractivity contribution is 14.1. The van der Waals surface area contributed by atoms with Crippen LogP contribution in [0.2, 0.25) is 0 Å². The van der Waals surface area contributed by atoms with Crippen molar-refractivity contribution in [3.63, 3.8) is 0 Å². The van der Waals surface area contributed by atoms with Crippen molar-refractivity contribution in [2.45, 2.75) is 62.4 Å². The largest absolute Gasteiger partial charge is 0.507 e. The van der Waals surface area contributed by atoms with Crippen LogP contribution in [0.15, 0.2) is 18.2 Å². The van der Waals surface area contributed by atoms with Gasteiger partial charge in [0.25, 0.3) is 3.91 Å². The molecule has 6 N–H and O–H groups in total. The summed E-state index contributed by atoms with van der Waals surface area (Å²) in [6.07, 6.45) is -5.67. The molecular formula is C28H28INO12. The van der Waals surface area contributed by atoms with Crippen molar-refractivity contribution in [3.05, 3.63) is 51.6 Å². The second kappa shape index (κ2) is 11.2. The van der Waals surface area contributed by atoms with Gasteiger partial charge in [0.1, 0.15) is 35.6 Å². The number of halogens is 1. The Hall–Kier alpha value is -3.15. The van der Waals surface area contributed by atoms with E-state index in [-0.39, 0.29) is 34.4 Å². The van der Waals surface area contributed by atoms with Crippen molar-refractivity contribution in [3.8, 4) is 17.2 Å². The van der Waals surface area contributed by atoms with Crippen LogP contribution < -0.4 is 10.1 Å². The van der Waals surface area contributed by atoms with E-state index in [2.05, 4.69) is 5.32 Å². The van der Waals surface area contributed by atoms with Crippen molar-refractivity contribution in [2.24, 2.45) is 0 Å². The molecule has 2 aromatic rings. The summed E-state index contributed by atoms with van der Waals surface area (Å²) in [4.78, 5) is 51.7. The van der Waals surface area contributed by atoms with Gasteiger partial charge in [0.2, 0.25) is 5.78 Å². The number of hydrogen-bond donors (Lipinski definition) is 6. The summed E-state index contributed by atoms with van der Waals surface area (Å²) in [5, 5.41) is 56.9. The molecule has 0 saturated carbocycles. The van der Waals surface area contributed by atoms with Crippen LogP contribution in [0, 0.1) is 0 Å². The molecule has 2 aromatic carbocycles. The van der Waals surface area contributed by atoms with Crippen LogP contribution in [0.3, 0.4) is 0 Å². The van der Waals surface area contributed by atoms with Gasteiger partial charge in [0, 0.05) is 58.5 Å². The Labute approximate surface area is 252 Å². The molecule has 0 aromatic heterocycles. The third kappa shape index (κ3) is 4.85. The average Bonchev–Trinajstić information content (AvgIpc) is 2.94. The number of phenolic OH excluding ortho intramolecular Hbond substituents is 2. The molecule has 3 aliphatic rings. The standard InChI is InChI=1S/C28H28INO12/c1-10-22(33)13(30-27(29)38)6-17(41-10)42-15-8-28(39,16(32)9-31)7-12-19(15)26(37)21-20(24(12)35)23(34)11-4-3-5-14(40-2)18(11)25(21)36/h3-5,10,13,15,17,22,31,33,35,37,39H,6-9H2,1-2H3,(H,30,38)/t10-,13-,15-,17-,22+,28-/m0/s1. The number of benzene rings is 2. The molecule has 0 unspecified atom stereocenters. The number of aliphatic hydroxyl groups is 3. The number of Topliss-reactive ketones (excluding diaryl/α,β-unsaturated/α-hetero) is 1. The van der Waals surface area contributed by atoms with E-state index < -0.39 is 99.6 Å². The van der Waals surface area contributed by atoms with E-state index in [0.29, 0.717) is 0 Å². The Balaban J connectivity index is 1.65. The van der Waals surface area contributed by atoms with E-state index >= 15 is 0 Å². The molecule has 14 heteroatoms.